The molecule has 1 aromatic carbocycles. The topological polar surface area (TPSA) is 32.3 Å². The van der Waals surface area contributed by atoms with Crippen molar-refractivity contribution in [3.05, 3.63) is 35.4 Å². The van der Waals surface area contributed by atoms with Crippen molar-refractivity contribution >= 4 is 18.3 Å². The number of hydrogen-bond acceptors (Lipinski definition) is 2. The van der Waals surface area contributed by atoms with E-state index in [1.54, 1.807) is 0 Å². The number of fused-ring (bicyclic) bond motifs is 1. The summed E-state index contributed by atoms with van der Waals surface area (Å²) in [6.07, 6.45) is 3.10. The number of nitrogens with one attached hydrogen (secondary N) is 1. The predicted octanol–water partition coefficient (Wildman–Crippen LogP) is 3.41. The number of halogens is 1. The second kappa shape index (κ2) is 7.23. The van der Waals surface area contributed by atoms with Crippen molar-refractivity contribution in [2.24, 2.45) is 11.3 Å². The van der Waals surface area contributed by atoms with Crippen molar-refractivity contribution in [3.8, 4) is 0 Å². The Kier molecular flexibility index (Phi) is 5.74. The lowest BCUT2D eigenvalue weighted by Gasteiger charge is -2.40. The van der Waals surface area contributed by atoms with E-state index in [9.17, 15) is 4.79 Å². The van der Waals surface area contributed by atoms with E-state index in [2.05, 4.69) is 55.3 Å². The second-order valence-corrected chi connectivity index (χ2v) is 7.87. The molecule has 4 heteroatoms. The maximum Gasteiger partial charge on any atom is 0.240 e. The van der Waals surface area contributed by atoms with E-state index in [0.717, 1.165) is 44.8 Å². The molecule has 2 aliphatic heterocycles. The van der Waals surface area contributed by atoms with Gasteiger partial charge in [0.25, 0.3) is 0 Å². The van der Waals surface area contributed by atoms with Crippen LogP contribution in [0.2, 0.25) is 0 Å². The summed E-state index contributed by atoms with van der Waals surface area (Å²) in [5.74, 6) is 1.03. The van der Waals surface area contributed by atoms with E-state index >= 15 is 0 Å². The molecule has 0 saturated carbocycles. The zero-order valence-electron chi connectivity index (χ0n) is 14.5. The number of carbonyl (C=O) groups excluding carboxylic acids is 1. The van der Waals surface area contributed by atoms with Crippen LogP contribution in [0.5, 0.6) is 0 Å². The van der Waals surface area contributed by atoms with Gasteiger partial charge in [0.15, 0.2) is 0 Å². The van der Waals surface area contributed by atoms with E-state index in [-0.39, 0.29) is 18.4 Å². The molecule has 1 saturated heterocycles. The minimum absolute atomic E-state index is 0. The summed E-state index contributed by atoms with van der Waals surface area (Å²) in [6, 6.07) is 8.40. The van der Waals surface area contributed by atoms with E-state index in [4.69, 9.17) is 0 Å². The Balaban J connectivity index is 0.00000192. The van der Waals surface area contributed by atoms with Crippen molar-refractivity contribution in [1.29, 1.82) is 0 Å². The summed E-state index contributed by atoms with van der Waals surface area (Å²) in [5.41, 5.74) is 3.01. The first-order chi connectivity index (χ1) is 10.4. The fourth-order valence-electron chi connectivity index (χ4n) is 3.82. The third-order valence-corrected chi connectivity index (χ3v) is 5.41. The summed E-state index contributed by atoms with van der Waals surface area (Å²) in [6.45, 7) is 9.59. The number of piperidine rings is 1. The second-order valence-electron chi connectivity index (χ2n) is 7.87. The number of nitrogens with zero attached hydrogens (tertiary/aromatic N) is 1. The van der Waals surface area contributed by atoms with Crippen LogP contribution in [-0.2, 0) is 17.8 Å². The van der Waals surface area contributed by atoms with Crippen molar-refractivity contribution in [3.63, 3.8) is 0 Å². The van der Waals surface area contributed by atoms with Crippen molar-refractivity contribution in [2.75, 3.05) is 13.1 Å². The van der Waals surface area contributed by atoms with Crippen LogP contribution >= 0.6 is 12.4 Å². The molecule has 1 N–H and O–H groups in total. The maximum atomic E-state index is 12.8. The van der Waals surface area contributed by atoms with Gasteiger partial charge in [0.2, 0.25) is 5.91 Å². The smallest absolute Gasteiger partial charge is 0.240 e. The number of benzene rings is 1. The molecule has 1 aromatic rings. The van der Waals surface area contributed by atoms with Crippen LogP contribution in [0.3, 0.4) is 0 Å². The first kappa shape index (κ1) is 18.3. The molecule has 128 valence electrons. The van der Waals surface area contributed by atoms with Crippen LogP contribution in [0.15, 0.2) is 24.3 Å². The van der Waals surface area contributed by atoms with Gasteiger partial charge in [-0.3, -0.25) is 4.79 Å². The molecule has 1 fully saturated rings. The Bertz CT molecular complexity index is 545. The predicted molar refractivity (Wildman–Crippen MR) is 96.8 cm³/mol. The molecule has 3 nitrogen and oxygen atoms in total. The molecule has 0 aromatic heterocycles. The van der Waals surface area contributed by atoms with Gasteiger partial charge in [0.05, 0.1) is 6.04 Å². The van der Waals surface area contributed by atoms with E-state index in [1.165, 1.54) is 11.1 Å². The fourth-order valence-corrected chi connectivity index (χ4v) is 3.82. The van der Waals surface area contributed by atoms with Gasteiger partial charge < -0.3 is 10.2 Å². The van der Waals surface area contributed by atoms with E-state index in [1.807, 2.05) is 0 Å². The normalized spacial score (nSPS) is 22.2. The summed E-state index contributed by atoms with van der Waals surface area (Å²) < 4.78 is 0. The highest BCUT2D eigenvalue weighted by atomic mass is 35.5. The lowest BCUT2D eigenvalue weighted by molar-refractivity contribution is -0.135. The van der Waals surface area contributed by atoms with Crippen LogP contribution < -0.4 is 5.32 Å². The average Bonchev–Trinajstić information content (AvgIpc) is 2.53. The SMILES string of the molecule is CC(C)(C)C1CCN(C(=O)C2Cc3ccccc3CN2)CC1.Cl. The number of hydrogen-bond donors (Lipinski definition) is 1. The van der Waals surface area contributed by atoms with Crippen LogP contribution in [0.4, 0.5) is 0 Å². The highest BCUT2D eigenvalue weighted by Crippen LogP contribution is 2.34. The molecular weight excluding hydrogens is 308 g/mol. The number of rotatable bonds is 1. The number of carbonyl (C=O) groups is 1. The minimum Gasteiger partial charge on any atom is -0.341 e. The number of amides is 1. The molecule has 23 heavy (non-hydrogen) atoms. The Labute approximate surface area is 146 Å². The van der Waals surface area contributed by atoms with Gasteiger partial charge in [-0.1, -0.05) is 45.0 Å². The molecular formula is C19H29ClN2O. The number of likely N-dealkylation sites (tertiary alicyclic amines) is 1. The van der Waals surface area contributed by atoms with E-state index < -0.39 is 0 Å². The molecule has 0 radical (unpaired) electrons. The van der Waals surface area contributed by atoms with Crippen LogP contribution in [0.25, 0.3) is 0 Å². The average molecular weight is 337 g/mol. The fraction of sp³-hybridized carbons (Fsp3) is 0.632. The summed E-state index contributed by atoms with van der Waals surface area (Å²) >= 11 is 0. The molecule has 1 unspecified atom stereocenters. The molecule has 1 amide bonds. The summed E-state index contributed by atoms with van der Waals surface area (Å²) in [5, 5.41) is 3.42. The Morgan fingerprint density at radius 1 is 1.13 bits per heavy atom. The zero-order valence-corrected chi connectivity index (χ0v) is 15.3. The van der Waals surface area contributed by atoms with Gasteiger partial charge in [-0.25, -0.2) is 0 Å². The molecule has 0 spiro atoms. The van der Waals surface area contributed by atoms with Crippen molar-refractivity contribution < 1.29 is 4.79 Å². The first-order valence-electron chi connectivity index (χ1n) is 8.54. The third-order valence-electron chi connectivity index (χ3n) is 5.41. The van der Waals surface area contributed by atoms with Crippen molar-refractivity contribution in [1.82, 2.24) is 10.2 Å². The van der Waals surface area contributed by atoms with E-state index in [0.29, 0.717) is 11.3 Å². The monoisotopic (exact) mass is 336 g/mol. The van der Waals surface area contributed by atoms with Crippen LogP contribution in [0.1, 0.15) is 44.7 Å². The highest BCUT2D eigenvalue weighted by Gasteiger charge is 2.33. The molecule has 1 atom stereocenters. The molecule has 3 rings (SSSR count). The van der Waals surface area contributed by atoms with Gasteiger partial charge in [-0.2, -0.15) is 0 Å². The standard InChI is InChI=1S/C19H28N2O.ClH/c1-19(2,3)16-8-10-21(11-9-16)18(22)17-12-14-6-4-5-7-15(14)13-20-17;/h4-7,16-17,20H,8-13H2,1-3H3;1H. The quantitative estimate of drug-likeness (QED) is 0.852. The Morgan fingerprint density at radius 3 is 2.35 bits per heavy atom. The lowest BCUT2D eigenvalue weighted by atomic mass is 9.75. The summed E-state index contributed by atoms with van der Waals surface area (Å²) in [7, 11) is 0. The zero-order chi connectivity index (χ0) is 15.7. The van der Waals surface area contributed by atoms with Gasteiger partial charge >= 0.3 is 0 Å². The molecule has 0 aliphatic carbocycles. The first-order valence-corrected chi connectivity index (χ1v) is 8.54. The summed E-state index contributed by atoms with van der Waals surface area (Å²) in [4.78, 5) is 14.9. The minimum atomic E-state index is -0.0407. The maximum absolute atomic E-state index is 12.8. The Morgan fingerprint density at radius 2 is 1.74 bits per heavy atom. The lowest BCUT2D eigenvalue weighted by Crippen LogP contribution is -2.52. The molecule has 2 aliphatic rings. The van der Waals surface area contributed by atoms with Crippen LogP contribution in [0, 0.1) is 11.3 Å². The van der Waals surface area contributed by atoms with Crippen LogP contribution in [-0.4, -0.2) is 29.9 Å². The van der Waals surface area contributed by atoms with Gasteiger partial charge in [0.1, 0.15) is 0 Å². The van der Waals surface area contributed by atoms with Gasteiger partial charge in [0, 0.05) is 19.6 Å². The largest absolute Gasteiger partial charge is 0.341 e. The van der Waals surface area contributed by atoms with Gasteiger partial charge in [-0.15, -0.1) is 12.4 Å². The molecule has 0 bridgehead atoms. The third kappa shape index (κ3) is 4.07. The highest BCUT2D eigenvalue weighted by molar-refractivity contribution is 5.85. The van der Waals surface area contributed by atoms with Crippen molar-refractivity contribution in [2.45, 2.75) is 52.6 Å². The molecule has 2 heterocycles. The Hall–Kier alpha value is -1.06. The van der Waals surface area contributed by atoms with Gasteiger partial charge in [-0.05, 0) is 41.7 Å².